The second-order valence-electron chi connectivity index (χ2n) is 7.64. The van der Waals surface area contributed by atoms with Crippen molar-refractivity contribution in [3.05, 3.63) is 29.8 Å². The molecule has 1 aromatic carbocycles. The van der Waals surface area contributed by atoms with E-state index in [2.05, 4.69) is 16.0 Å². The van der Waals surface area contributed by atoms with E-state index in [-0.39, 0.29) is 30.9 Å². The predicted octanol–water partition coefficient (Wildman–Crippen LogP) is 2.34. The molecule has 3 amide bonds. The van der Waals surface area contributed by atoms with Crippen LogP contribution in [0.4, 0.5) is 10.5 Å². The first-order valence-corrected chi connectivity index (χ1v) is 9.48. The summed E-state index contributed by atoms with van der Waals surface area (Å²) in [6, 6.07) is 7.22. The highest BCUT2D eigenvalue weighted by Gasteiger charge is 2.23. The van der Waals surface area contributed by atoms with Crippen molar-refractivity contribution in [2.24, 2.45) is 0 Å². The van der Waals surface area contributed by atoms with E-state index in [0.29, 0.717) is 18.8 Å². The van der Waals surface area contributed by atoms with E-state index in [4.69, 9.17) is 9.47 Å². The summed E-state index contributed by atoms with van der Waals surface area (Å²) >= 11 is 0. The standard InChI is InChI=1S/C20H29N3O5/c1-20(2,3)28-19(26)21-11-10-17(24)23-15-8-6-14(7-9-15)13-22-18(25)16-5-4-12-27-16/h6-9,16H,4-5,10-13H2,1-3H3,(H,21,26)(H,22,25)(H,23,24). The Balaban J connectivity index is 1.67. The van der Waals surface area contributed by atoms with E-state index in [1.165, 1.54) is 0 Å². The molecule has 0 bridgehead atoms. The van der Waals surface area contributed by atoms with Crippen LogP contribution in [0.2, 0.25) is 0 Å². The Labute approximate surface area is 165 Å². The van der Waals surface area contributed by atoms with Gasteiger partial charge in [0.05, 0.1) is 0 Å². The van der Waals surface area contributed by atoms with Crippen molar-refractivity contribution in [1.29, 1.82) is 0 Å². The van der Waals surface area contributed by atoms with Crippen LogP contribution in [0.25, 0.3) is 0 Å². The smallest absolute Gasteiger partial charge is 0.407 e. The molecule has 3 N–H and O–H groups in total. The number of carbonyl (C=O) groups excluding carboxylic acids is 3. The van der Waals surface area contributed by atoms with E-state index in [1.54, 1.807) is 32.9 Å². The first kappa shape index (κ1) is 21.7. The van der Waals surface area contributed by atoms with Crippen LogP contribution in [-0.2, 0) is 25.6 Å². The van der Waals surface area contributed by atoms with Crippen LogP contribution in [0.5, 0.6) is 0 Å². The third-order valence-electron chi connectivity index (χ3n) is 3.95. The van der Waals surface area contributed by atoms with Gasteiger partial charge in [0.25, 0.3) is 0 Å². The molecule has 1 heterocycles. The highest BCUT2D eigenvalue weighted by Crippen LogP contribution is 2.13. The molecular weight excluding hydrogens is 362 g/mol. The number of hydrogen-bond acceptors (Lipinski definition) is 5. The normalized spacial score (nSPS) is 16.3. The van der Waals surface area contributed by atoms with Gasteiger partial charge < -0.3 is 25.4 Å². The first-order valence-electron chi connectivity index (χ1n) is 9.48. The minimum absolute atomic E-state index is 0.0904. The molecule has 8 heteroatoms. The fourth-order valence-corrected chi connectivity index (χ4v) is 2.61. The molecule has 154 valence electrons. The first-order chi connectivity index (χ1) is 13.2. The van der Waals surface area contributed by atoms with Crippen molar-refractivity contribution in [3.63, 3.8) is 0 Å². The lowest BCUT2D eigenvalue weighted by Gasteiger charge is -2.19. The van der Waals surface area contributed by atoms with E-state index in [0.717, 1.165) is 18.4 Å². The summed E-state index contributed by atoms with van der Waals surface area (Å²) in [6.07, 6.45) is 0.931. The Kier molecular flexibility index (Phi) is 7.80. The third-order valence-corrected chi connectivity index (χ3v) is 3.95. The van der Waals surface area contributed by atoms with Crippen molar-refractivity contribution in [1.82, 2.24) is 10.6 Å². The summed E-state index contributed by atoms with van der Waals surface area (Å²) in [5.41, 5.74) is 1.00. The summed E-state index contributed by atoms with van der Waals surface area (Å²) in [4.78, 5) is 35.4. The zero-order valence-electron chi connectivity index (χ0n) is 16.7. The maximum Gasteiger partial charge on any atom is 0.407 e. The maximum atomic E-state index is 12.0. The van der Waals surface area contributed by atoms with Crippen molar-refractivity contribution < 1.29 is 23.9 Å². The Morgan fingerprint density at radius 1 is 1.14 bits per heavy atom. The number of amides is 3. The highest BCUT2D eigenvalue weighted by molar-refractivity contribution is 5.91. The predicted molar refractivity (Wildman–Crippen MR) is 105 cm³/mol. The molecule has 2 rings (SSSR count). The van der Waals surface area contributed by atoms with Gasteiger partial charge in [-0.15, -0.1) is 0 Å². The number of hydrogen-bond donors (Lipinski definition) is 3. The van der Waals surface area contributed by atoms with Crippen molar-refractivity contribution in [3.8, 4) is 0 Å². The molecular formula is C20H29N3O5. The van der Waals surface area contributed by atoms with Gasteiger partial charge in [0.15, 0.2) is 0 Å². The molecule has 0 saturated carbocycles. The van der Waals surface area contributed by atoms with Gasteiger partial charge in [-0.3, -0.25) is 9.59 Å². The maximum absolute atomic E-state index is 12.0. The van der Waals surface area contributed by atoms with E-state index in [1.807, 2.05) is 12.1 Å². The van der Waals surface area contributed by atoms with Gasteiger partial charge in [-0.25, -0.2) is 4.79 Å². The number of carbonyl (C=O) groups is 3. The molecule has 1 saturated heterocycles. The van der Waals surface area contributed by atoms with Gasteiger partial charge in [-0.1, -0.05) is 12.1 Å². The Morgan fingerprint density at radius 2 is 1.86 bits per heavy atom. The summed E-state index contributed by atoms with van der Waals surface area (Å²) in [5.74, 6) is -0.303. The Hall–Kier alpha value is -2.61. The van der Waals surface area contributed by atoms with Crippen LogP contribution < -0.4 is 16.0 Å². The lowest BCUT2D eigenvalue weighted by Crippen LogP contribution is -2.34. The highest BCUT2D eigenvalue weighted by atomic mass is 16.6. The minimum Gasteiger partial charge on any atom is -0.444 e. The Bertz CT molecular complexity index is 676. The Morgan fingerprint density at radius 3 is 2.46 bits per heavy atom. The fraction of sp³-hybridized carbons (Fsp3) is 0.550. The SMILES string of the molecule is CC(C)(C)OC(=O)NCCC(=O)Nc1ccc(CNC(=O)C2CCCO2)cc1. The molecule has 1 aliphatic rings. The van der Waals surface area contributed by atoms with Crippen LogP contribution in [-0.4, -0.2) is 42.8 Å². The van der Waals surface area contributed by atoms with Crippen LogP contribution in [0.3, 0.4) is 0 Å². The molecule has 28 heavy (non-hydrogen) atoms. The molecule has 1 aliphatic heterocycles. The molecule has 8 nitrogen and oxygen atoms in total. The number of alkyl carbamates (subject to hydrolysis) is 1. The number of ether oxygens (including phenoxy) is 2. The van der Waals surface area contributed by atoms with Crippen LogP contribution >= 0.6 is 0 Å². The minimum atomic E-state index is -0.572. The fourth-order valence-electron chi connectivity index (χ4n) is 2.61. The number of nitrogens with one attached hydrogen (secondary N) is 3. The molecule has 1 unspecified atom stereocenters. The summed E-state index contributed by atoms with van der Waals surface area (Å²) in [7, 11) is 0. The zero-order chi connectivity index (χ0) is 20.6. The molecule has 0 spiro atoms. The van der Waals surface area contributed by atoms with Gasteiger partial charge in [0.1, 0.15) is 11.7 Å². The summed E-state index contributed by atoms with van der Waals surface area (Å²) in [5, 5.41) is 8.16. The molecule has 1 atom stereocenters. The zero-order valence-corrected chi connectivity index (χ0v) is 16.7. The largest absolute Gasteiger partial charge is 0.444 e. The summed E-state index contributed by atoms with van der Waals surface area (Å²) < 4.78 is 10.4. The quantitative estimate of drug-likeness (QED) is 0.662. The van der Waals surface area contributed by atoms with Crippen LogP contribution in [0, 0.1) is 0 Å². The molecule has 1 aromatic rings. The second kappa shape index (κ2) is 10.1. The summed E-state index contributed by atoms with van der Waals surface area (Å²) in [6.45, 7) is 6.56. The van der Waals surface area contributed by atoms with Crippen molar-refractivity contribution in [2.75, 3.05) is 18.5 Å². The lowest BCUT2D eigenvalue weighted by atomic mass is 10.2. The average Bonchev–Trinajstić information content (AvgIpc) is 3.14. The topological polar surface area (TPSA) is 106 Å². The van der Waals surface area contributed by atoms with E-state index >= 15 is 0 Å². The number of anilines is 1. The lowest BCUT2D eigenvalue weighted by molar-refractivity contribution is -0.130. The van der Waals surface area contributed by atoms with E-state index < -0.39 is 11.7 Å². The molecule has 0 radical (unpaired) electrons. The van der Waals surface area contributed by atoms with E-state index in [9.17, 15) is 14.4 Å². The number of benzene rings is 1. The second-order valence-corrected chi connectivity index (χ2v) is 7.64. The molecule has 0 aliphatic carbocycles. The van der Waals surface area contributed by atoms with Crippen molar-refractivity contribution in [2.45, 2.75) is 58.3 Å². The van der Waals surface area contributed by atoms with Gasteiger partial charge in [0.2, 0.25) is 11.8 Å². The van der Waals surface area contributed by atoms with Gasteiger partial charge in [-0.05, 0) is 51.3 Å². The van der Waals surface area contributed by atoms with Crippen LogP contribution in [0.1, 0.15) is 45.6 Å². The molecule has 0 aromatic heterocycles. The molecule has 1 fully saturated rings. The monoisotopic (exact) mass is 391 g/mol. The van der Waals surface area contributed by atoms with Crippen molar-refractivity contribution >= 4 is 23.6 Å². The van der Waals surface area contributed by atoms with Gasteiger partial charge in [0, 0.05) is 31.8 Å². The van der Waals surface area contributed by atoms with Gasteiger partial charge in [-0.2, -0.15) is 0 Å². The van der Waals surface area contributed by atoms with Gasteiger partial charge >= 0.3 is 6.09 Å². The number of rotatable bonds is 7. The third kappa shape index (κ3) is 7.96. The van der Waals surface area contributed by atoms with Crippen LogP contribution in [0.15, 0.2) is 24.3 Å². The average molecular weight is 391 g/mol.